The molecule has 0 aliphatic carbocycles. The lowest BCUT2D eigenvalue weighted by atomic mass is 10.1. The topological polar surface area (TPSA) is 72.5 Å². The first-order valence-electron chi connectivity index (χ1n) is 7.74. The summed E-state index contributed by atoms with van der Waals surface area (Å²) < 4.78 is 28.8. The molecule has 3 aromatic carbocycles. The Morgan fingerprint density at radius 3 is 2.50 bits per heavy atom. The van der Waals surface area contributed by atoms with E-state index in [-0.39, 0.29) is 22.2 Å². The van der Waals surface area contributed by atoms with Crippen molar-refractivity contribution in [3.63, 3.8) is 0 Å². The fourth-order valence-corrected chi connectivity index (χ4v) is 3.24. The minimum atomic E-state index is -3.40. The third kappa shape index (κ3) is 4.33. The molecule has 0 aliphatic rings. The average molecular weight is 390 g/mol. The minimum absolute atomic E-state index is 0.0765. The van der Waals surface area contributed by atoms with E-state index in [0.717, 1.165) is 17.0 Å². The summed E-state index contributed by atoms with van der Waals surface area (Å²) in [4.78, 5) is 12.2. The van der Waals surface area contributed by atoms with Crippen molar-refractivity contribution in [2.75, 3.05) is 18.2 Å². The molecule has 0 aliphatic heterocycles. The van der Waals surface area contributed by atoms with Gasteiger partial charge in [-0.15, -0.1) is 0 Å². The molecule has 0 bridgehead atoms. The summed E-state index contributed by atoms with van der Waals surface area (Å²) in [6.07, 6.45) is 1.09. The highest BCUT2D eigenvalue weighted by Gasteiger charge is 2.12. The van der Waals surface area contributed by atoms with Crippen molar-refractivity contribution in [1.29, 1.82) is 0 Å². The minimum Gasteiger partial charge on any atom is -0.484 e. The normalized spacial score (nSPS) is 11.3. The van der Waals surface area contributed by atoms with E-state index in [9.17, 15) is 13.2 Å². The highest BCUT2D eigenvalue weighted by Crippen LogP contribution is 2.25. The number of hydrogen-bond donors (Lipinski definition) is 1. The van der Waals surface area contributed by atoms with Crippen LogP contribution in [0.5, 0.6) is 5.75 Å². The van der Waals surface area contributed by atoms with E-state index in [1.165, 1.54) is 18.2 Å². The van der Waals surface area contributed by atoms with Crippen molar-refractivity contribution in [2.24, 2.45) is 0 Å². The van der Waals surface area contributed by atoms with Gasteiger partial charge >= 0.3 is 0 Å². The molecule has 5 nitrogen and oxygen atoms in total. The maximum Gasteiger partial charge on any atom is 0.262 e. The molecule has 0 heterocycles. The van der Waals surface area contributed by atoms with E-state index in [1.54, 1.807) is 6.07 Å². The molecule has 1 N–H and O–H groups in total. The predicted octanol–water partition coefficient (Wildman–Crippen LogP) is 3.91. The molecule has 26 heavy (non-hydrogen) atoms. The maximum atomic E-state index is 12.1. The number of rotatable bonds is 5. The van der Waals surface area contributed by atoms with Crippen LogP contribution >= 0.6 is 11.6 Å². The van der Waals surface area contributed by atoms with Crippen LogP contribution in [-0.4, -0.2) is 27.2 Å². The molecule has 0 spiro atoms. The highest BCUT2D eigenvalue weighted by molar-refractivity contribution is 7.90. The van der Waals surface area contributed by atoms with Crippen molar-refractivity contribution in [3.8, 4) is 5.75 Å². The van der Waals surface area contributed by atoms with Gasteiger partial charge < -0.3 is 10.1 Å². The second kappa shape index (κ2) is 7.35. The standard InChI is InChI=1S/C19H16ClNO4S/c1-26(23,24)16-8-9-17(20)18(11-16)21-19(22)12-25-15-7-6-13-4-2-3-5-14(13)10-15/h2-11H,12H2,1H3,(H,21,22). The number of carbonyl (C=O) groups excluding carboxylic acids is 1. The van der Waals surface area contributed by atoms with Crippen molar-refractivity contribution in [2.45, 2.75) is 4.90 Å². The number of anilines is 1. The van der Waals surface area contributed by atoms with Gasteiger partial charge in [-0.05, 0) is 41.1 Å². The zero-order valence-electron chi connectivity index (χ0n) is 13.9. The summed E-state index contributed by atoms with van der Waals surface area (Å²) in [7, 11) is -3.40. The largest absolute Gasteiger partial charge is 0.484 e. The molecule has 0 atom stereocenters. The molecular formula is C19H16ClNO4S. The molecule has 0 radical (unpaired) electrons. The Bertz CT molecular complexity index is 1080. The average Bonchev–Trinajstić information content (AvgIpc) is 2.60. The van der Waals surface area contributed by atoms with Gasteiger partial charge in [-0.1, -0.05) is 41.9 Å². The monoisotopic (exact) mass is 389 g/mol. The van der Waals surface area contributed by atoms with E-state index in [4.69, 9.17) is 16.3 Å². The van der Waals surface area contributed by atoms with Crippen LogP contribution in [-0.2, 0) is 14.6 Å². The zero-order chi connectivity index (χ0) is 18.7. The summed E-state index contributed by atoms with van der Waals surface area (Å²) in [5.74, 6) is 0.126. The van der Waals surface area contributed by atoms with Crippen LogP contribution in [0, 0.1) is 0 Å². The lowest BCUT2D eigenvalue weighted by molar-refractivity contribution is -0.118. The van der Waals surface area contributed by atoms with E-state index >= 15 is 0 Å². The first-order chi connectivity index (χ1) is 12.3. The maximum absolute atomic E-state index is 12.1. The quantitative estimate of drug-likeness (QED) is 0.718. The van der Waals surface area contributed by atoms with Gasteiger partial charge in [-0.3, -0.25) is 4.79 Å². The van der Waals surface area contributed by atoms with Crippen molar-refractivity contribution < 1.29 is 17.9 Å². The summed E-state index contributed by atoms with van der Waals surface area (Å²) >= 11 is 6.02. The molecule has 3 rings (SSSR count). The molecule has 0 saturated carbocycles. The van der Waals surface area contributed by atoms with Gasteiger partial charge in [0, 0.05) is 6.26 Å². The Morgan fingerprint density at radius 2 is 1.77 bits per heavy atom. The third-order valence-electron chi connectivity index (χ3n) is 3.73. The van der Waals surface area contributed by atoms with Crippen LogP contribution in [0.4, 0.5) is 5.69 Å². The summed E-state index contributed by atoms with van der Waals surface area (Å²) in [5.41, 5.74) is 0.224. The Labute approximate surface area is 156 Å². The fraction of sp³-hybridized carbons (Fsp3) is 0.105. The number of hydrogen-bond acceptors (Lipinski definition) is 4. The Kier molecular flexibility index (Phi) is 5.15. The predicted molar refractivity (Wildman–Crippen MR) is 103 cm³/mol. The van der Waals surface area contributed by atoms with Gasteiger partial charge in [0.15, 0.2) is 16.4 Å². The van der Waals surface area contributed by atoms with Gasteiger partial charge in [0.2, 0.25) is 0 Å². The molecule has 134 valence electrons. The summed E-state index contributed by atoms with van der Waals surface area (Å²) in [6, 6.07) is 17.5. The molecule has 3 aromatic rings. The number of sulfone groups is 1. The highest BCUT2D eigenvalue weighted by atomic mass is 35.5. The first-order valence-corrected chi connectivity index (χ1v) is 10.0. The van der Waals surface area contributed by atoms with Crippen molar-refractivity contribution in [1.82, 2.24) is 0 Å². The SMILES string of the molecule is CS(=O)(=O)c1ccc(Cl)c(NC(=O)COc2ccc3ccccc3c2)c1. The number of nitrogens with one attached hydrogen (secondary N) is 1. The second-order valence-electron chi connectivity index (χ2n) is 5.76. The molecule has 0 aromatic heterocycles. The molecule has 0 saturated heterocycles. The number of fused-ring (bicyclic) bond motifs is 1. The molecular weight excluding hydrogens is 374 g/mol. The number of amides is 1. The Balaban J connectivity index is 1.69. The zero-order valence-corrected chi connectivity index (χ0v) is 15.5. The van der Waals surface area contributed by atoms with Crippen LogP contribution < -0.4 is 10.1 Å². The van der Waals surface area contributed by atoms with Crippen molar-refractivity contribution in [3.05, 3.63) is 65.7 Å². The van der Waals surface area contributed by atoms with E-state index in [0.29, 0.717) is 5.75 Å². The molecule has 7 heteroatoms. The van der Waals surface area contributed by atoms with E-state index < -0.39 is 15.7 Å². The van der Waals surface area contributed by atoms with Crippen molar-refractivity contribution >= 4 is 43.8 Å². The van der Waals surface area contributed by atoms with Crippen LogP contribution in [0.3, 0.4) is 0 Å². The Hall–Kier alpha value is -2.57. The lowest BCUT2D eigenvalue weighted by Gasteiger charge is -2.10. The molecule has 1 amide bonds. The number of carbonyl (C=O) groups is 1. The Morgan fingerprint density at radius 1 is 1.04 bits per heavy atom. The number of ether oxygens (including phenoxy) is 1. The first kappa shape index (κ1) is 18.2. The summed E-state index contributed by atoms with van der Waals surface area (Å²) in [6.45, 7) is -0.224. The van der Waals surface area contributed by atoms with E-state index in [2.05, 4.69) is 5.32 Å². The van der Waals surface area contributed by atoms with Gasteiger partial charge in [0.25, 0.3) is 5.91 Å². The number of benzene rings is 3. The summed E-state index contributed by atoms with van der Waals surface area (Å²) in [5, 5.41) is 4.90. The van der Waals surface area contributed by atoms with Crippen LogP contribution in [0.25, 0.3) is 10.8 Å². The van der Waals surface area contributed by atoms with E-state index in [1.807, 2.05) is 36.4 Å². The third-order valence-corrected chi connectivity index (χ3v) is 5.17. The second-order valence-corrected chi connectivity index (χ2v) is 8.18. The lowest BCUT2D eigenvalue weighted by Crippen LogP contribution is -2.20. The molecule has 0 fully saturated rings. The molecule has 0 unspecified atom stereocenters. The van der Waals surface area contributed by atoms with Gasteiger partial charge in [0.1, 0.15) is 5.75 Å². The van der Waals surface area contributed by atoms with Crippen LogP contribution in [0.1, 0.15) is 0 Å². The number of halogens is 1. The smallest absolute Gasteiger partial charge is 0.262 e. The fourth-order valence-electron chi connectivity index (χ4n) is 2.42. The van der Waals surface area contributed by atoms with Crippen LogP contribution in [0.15, 0.2) is 65.6 Å². The van der Waals surface area contributed by atoms with Crippen LogP contribution in [0.2, 0.25) is 5.02 Å². The van der Waals surface area contributed by atoms with Gasteiger partial charge in [-0.25, -0.2) is 8.42 Å². The van der Waals surface area contributed by atoms with Gasteiger partial charge in [-0.2, -0.15) is 0 Å². The van der Waals surface area contributed by atoms with Gasteiger partial charge in [0.05, 0.1) is 15.6 Å².